The second-order valence-corrected chi connectivity index (χ2v) is 6.64. The molecule has 2 N–H and O–H groups in total. The third-order valence-corrected chi connectivity index (χ3v) is 4.62. The largest absolute Gasteiger partial charge is 0.497 e. The maximum atomic E-state index is 12.0. The van der Waals surface area contributed by atoms with Crippen molar-refractivity contribution in [2.45, 2.75) is 19.9 Å². The number of fused-ring (bicyclic) bond motifs is 1. The highest BCUT2D eigenvalue weighted by molar-refractivity contribution is 7.89. The maximum absolute atomic E-state index is 12.0. The maximum Gasteiger partial charge on any atom is 0.252 e. The van der Waals surface area contributed by atoms with Crippen LogP contribution in [0, 0.1) is 0 Å². The zero-order chi connectivity index (χ0) is 15.5. The Bertz CT molecular complexity index is 796. The van der Waals surface area contributed by atoms with Crippen molar-refractivity contribution in [1.29, 1.82) is 0 Å². The minimum atomic E-state index is -3.33. The van der Waals surface area contributed by atoms with Crippen molar-refractivity contribution in [1.82, 2.24) is 9.71 Å². The number of ether oxygens (including phenoxy) is 1. The van der Waals surface area contributed by atoms with Gasteiger partial charge in [-0.3, -0.25) is 4.79 Å². The van der Waals surface area contributed by atoms with Gasteiger partial charge in [0, 0.05) is 18.2 Å². The molecule has 0 aliphatic rings. The molecule has 7 heteroatoms. The monoisotopic (exact) mass is 310 g/mol. The van der Waals surface area contributed by atoms with Crippen LogP contribution < -0.4 is 15.0 Å². The summed E-state index contributed by atoms with van der Waals surface area (Å²) in [5, 5.41) is 0.820. The summed E-state index contributed by atoms with van der Waals surface area (Å²) in [6.07, 6.45) is 0.531. The Morgan fingerprint density at radius 1 is 1.29 bits per heavy atom. The number of H-pyrrole nitrogens is 1. The minimum Gasteiger partial charge on any atom is -0.497 e. The van der Waals surface area contributed by atoms with E-state index in [1.165, 1.54) is 0 Å². The average Bonchev–Trinajstić information content (AvgIpc) is 2.44. The summed E-state index contributed by atoms with van der Waals surface area (Å²) < 4.78 is 30.8. The number of hydrogen-bond acceptors (Lipinski definition) is 4. The summed E-state index contributed by atoms with van der Waals surface area (Å²) in [5.41, 5.74) is 0.724. The molecular weight excluding hydrogens is 292 g/mol. The van der Waals surface area contributed by atoms with E-state index in [9.17, 15) is 13.2 Å². The summed E-state index contributed by atoms with van der Waals surface area (Å²) in [6, 6.07) is 7.00. The molecule has 21 heavy (non-hydrogen) atoms. The smallest absolute Gasteiger partial charge is 0.252 e. The molecule has 114 valence electrons. The highest BCUT2D eigenvalue weighted by atomic mass is 32.2. The molecule has 0 amide bonds. The number of aromatic amines is 1. The highest BCUT2D eigenvalue weighted by Gasteiger charge is 2.10. The van der Waals surface area contributed by atoms with Crippen molar-refractivity contribution in [2.75, 3.05) is 12.9 Å². The number of nitrogens with one attached hydrogen (secondary N) is 2. The fourth-order valence-corrected chi connectivity index (χ4v) is 3.07. The molecule has 2 aromatic rings. The summed E-state index contributed by atoms with van der Waals surface area (Å²) >= 11 is 0. The van der Waals surface area contributed by atoms with E-state index in [0.29, 0.717) is 23.3 Å². The van der Waals surface area contributed by atoms with Gasteiger partial charge in [-0.1, -0.05) is 6.92 Å². The topological polar surface area (TPSA) is 88.3 Å². The Balaban J connectivity index is 2.29. The van der Waals surface area contributed by atoms with E-state index in [-0.39, 0.29) is 17.9 Å². The summed E-state index contributed by atoms with van der Waals surface area (Å²) in [5.74, 6) is 0.699. The number of aromatic nitrogens is 1. The predicted molar refractivity (Wildman–Crippen MR) is 82.0 cm³/mol. The molecule has 0 aliphatic carbocycles. The molecule has 1 aromatic heterocycles. The molecule has 1 heterocycles. The molecule has 0 atom stereocenters. The third-order valence-electron chi connectivity index (χ3n) is 3.09. The van der Waals surface area contributed by atoms with E-state index >= 15 is 0 Å². The second kappa shape index (κ2) is 6.28. The Morgan fingerprint density at radius 3 is 2.71 bits per heavy atom. The molecule has 0 unspecified atom stereocenters. The van der Waals surface area contributed by atoms with Gasteiger partial charge in [0.05, 0.1) is 18.4 Å². The molecule has 0 spiro atoms. The average molecular weight is 310 g/mol. The van der Waals surface area contributed by atoms with Crippen LogP contribution in [0.3, 0.4) is 0 Å². The first kappa shape index (κ1) is 15.5. The van der Waals surface area contributed by atoms with Gasteiger partial charge in [0.2, 0.25) is 10.0 Å². The van der Waals surface area contributed by atoms with E-state index in [2.05, 4.69) is 9.71 Å². The molecule has 0 saturated carbocycles. The fourth-order valence-electron chi connectivity index (χ4n) is 2.01. The van der Waals surface area contributed by atoms with Gasteiger partial charge in [-0.25, -0.2) is 13.1 Å². The number of benzene rings is 1. The van der Waals surface area contributed by atoms with Crippen LogP contribution >= 0.6 is 0 Å². The predicted octanol–water partition coefficient (Wildman–Crippen LogP) is 1.37. The summed E-state index contributed by atoms with van der Waals surface area (Å²) in [7, 11) is -1.78. The zero-order valence-corrected chi connectivity index (χ0v) is 12.8. The quantitative estimate of drug-likeness (QED) is 0.843. The van der Waals surface area contributed by atoms with Crippen molar-refractivity contribution >= 4 is 20.9 Å². The number of rotatable bonds is 6. The van der Waals surface area contributed by atoms with E-state index < -0.39 is 10.0 Å². The molecule has 0 saturated heterocycles. The molecular formula is C14H18N2O4S. The second-order valence-electron chi connectivity index (χ2n) is 4.72. The van der Waals surface area contributed by atoms with Crippen LogP contribution in [-0.4, -0.2) is 26.3 Å². The first-order valence-electron chi connectivity index (χ1n) is 6.62. The lowest BCUT2D eigenvalue weighted by molar-refractivity contribution is 0.415. The standard InChI is InChI=1S/C14H18N2O4S/c1-3-6-21(18,19)15-9-11-7-10-4-5-12(20-2)8-13(10)16-14(11)17/h4-5,7-8,15H,3,6,9H2,1-2H3,(H,16,17). The van der Waals surface area contributed by atoms with E-state index in [4.69, 9.17) is 4.74 Å². The van der Waals surface area contributed by atoms with E-state index in [0.717, 1.165) is 5.39 Å². The number of sulfonamides is 1. The number of methoxy groups -OCH3 is 1. The van der Waals surface area contributed by atoms with Gasteiger partial charge in [-0.2, -0.15) is 0 Å². The van der Waals surface area contributed by atoms with Gasteiger partial charge in [0.1, 0.15) is 5.75 Å². The van der Waals surface area contributed by atoms with Crippen LogP contribution in [0.4, 0.5) is 0 Å². The molecule has 0 fully saturated rings. The van der Waals surface area contributed by atoms with Crippen molar-refractivity contribution < 1.29 is 13.2 Å². The van der Waals surface area contributed by atoms with Crippen molar-refractivity contribution in [3.05, 3.63) is 40.2 Å². The summed E-state index contributed by atoms with van der Waals surface area (Å²) in [4.78, 5) is 14.7. The SMILES string of the molecule is CCCS(=O)(=O)NCc1cc2ccc(OC)cc2[nH]c1=O. The van der Waals surface area contributed by atoms with Gasteiger partial charge in [0.15, 0.2) is 0 Å². The first-order valence-corrected chi connectivity index (χ1v) is 8.27. The first-order chi connectivity index (χ1) is 9.95. The Morgan fingerprint density at radius 2 is 2.05 bits per heavy atom. The molecule has 0 radical (unpaired) electrons. The van der Waals surface area contributed by atoms with Crippen molar-refractivity contribution in [2.24, 2.45) is 0 Å². The van der Waals surface area contributed by atoms with Crippen LogP contribution in [0.15, 0.2) is 29.1 Å². The van der Waals surface area contributed by atoms with Crippen LogP contribution in [0.5, 0.6) is 5.75 Å². The Kier molecular flexibility index (Phi) is 4.64. The summed E-state index contributed by atoms with van der Waals surface area (Å²) in [6.45, 7) is 1.77. The zero-order valence-electron chi connectivity index (χ0n) is 12.0. The van der Waals surface area contributed by atoms with Gasteiger partial charge < -0.3 is 9.72 Å². The normalized spacial score (nSPS) is 11.7. The van der Waals surface area contributed by atoms with Gasteiger partial charge >= 0.3 is 0 Å². The lowest BCUT2D eigenvalue weighted by atomic mass is 10.1. The van der Waals surface area contributed by atoms with Crippen LogP contribution in [-0.2, 0) is 16.6 Å². The van der Waals surface area contributed by atoms with Crippen LogP contribution in [0.25, 0.3) is 10.9 Å². The highest BCUT2D eigenvalue weighted by Crippen LogP contribution is 2.18. The van der Waals surface area contributed by atoms with Crippen molar-refractivity contribution in [3.8, 4) is 5.75 Å². The third kappa shape index (κ3) is 3.83. The lowest BCUT2D eigenvalue weighted by Crippen LogP contribution is -2.28. The Hall–Kier alpha value is -1.86. The molecule has 0 aliphatic heterocycles. The lowest BCUT2D eigenvalue weighted by Gasteiger charge is -2.07. The molecule has 1 aromatic carbocycles. The van der Waals surface area contributed by atoms with E-state index in [1.807, 2.05) is 6.07 Å². The number of hydrogen-bond donors (Lipinski definition) is 2. The van der Waals surface area contributed by atoms with Crippen molar-refractivity contribution in [3.63, 3.8) is 0 Å². The van der Waals surface area contributed by atoms with Gasteiger partial charge in [-0.15, -0.1) is 0 Å². The molecule has 0 bridgehead atoms. The molecule has 2 rings (SSSR count). The van der Waals surface area contributed by atoms with Crippen LogP contribution in [0.1, 0.15) is 18.9 Å². The number of pyridine rings is 1. The Labute approximate surface area is 123 Å². The van der Waals surface area contributed by atoms with Crippen LogP contribution in [0.2, 0.25) is 0 Å². The van der Waals surface area contributed by atoms with E-state index in [1.54, 1.807) is 32.2 Å². The van der Waals surface area contributed by atoms with Gasteiger partial charge in [-0.05, 0) is 30.0 Å². The molecule has 6 nitrogen and oxygen atoms in total. The minimum absolute atomic E-state index is 0.0143. The van der Waals surface area contributed by atoms with Gasteiger partial charge in [0.25, 0.3) is 5.56 Å². The fraction of sp³-hybridized carbons (Fsp3) is 0.357.